The zero-order valence-corrected chi connectivity index (χ0v) is 17.0. The Hall–Kier alpha value is -4.12. The fourth-order valence-corrected chi connectivity index (χ4v) is 4.05. The zero-order valence-electron chi connectivity index (χ0n) is 17.0. The van der Waals surface area contributed by atoms with Crippen LogP contribution in [0.25, 0.3) is 22.6 Å². The molecule has 1 heterocycles. The lowest BCUT2D eigenvalue weighted by Crippen LogP contribution is -2.21. The molecule has 0 fully saturated rings. The Kier molecular flexibility index (Phi) is 4.44. The summed E-state index contributed by atoms with van der Waals surface area (Å²) < 4.78 is 17.1. The summed E-state index contributed by atoms with van der Waals surface area (Å²) in [6, 6.07) is 21.9. The van der Waals surface area contributed by atoms with Gasteiger partial charge in [-0.25, -0.2) is 0 Å². The maximum absolute atomic E-state index is 13.8. The van der Waals surface area contributed by atoms with Crippen molar-refractivity contribution in [1.82, 2.24) is 0 Å². The lowest BCUT2D eigenvalue weighted by Gasteiger charge is -2.19. The van der Waals surface area contributed by atoms with Gasteiger partial charge >= 0.3 is 0 Å². The molecule has 1 aromatic heterocycles. The molecule has 0 radical (unpaired) electrons. The number of hydrogen-bond acceptors (Lipinski definition) is 5. The van der Waals surface area contributed by atoms with Crippen LogP contribution in [0.5, 0.6) is 11.5 Å². The van der Waals surface area contributed by atoms with E-state index in [-0.39, 0.29) is 39.6 Å². The van der Waals surface area contributed by atoms with Gasteiger partial charge in [-0.3, -0.25) is 9.59 Å². The van der Waals surface area contributed by atoms with Gasteiger partial charge in [-0.05, 0) is 12.1 Å². The van der Waals surface area contributed by atoms with Gasteiger partial charge in [0.1, 0.15) is 11.5 Å². The van der Waals surface area contributed by atoms with Gasteiger partial charge in [-0.15, -0.1) is 0 Å². The van der Waals surface area contributed by atoms with Crippen LogP contribution in [0.3, 0.4) is 0 Å². The minimum atomic E-state index is -0.329. The van der Waals surface area contributed by atoms with E-state index in [1.165, 1.54) is 14.2 Å². The fourth-order valence-electron chi connectivity index (χ4n) is 4.05. The fraction of sp³-hybridized carbons (Fsp3) is 0.0769. The van der Waals surface area contributed by atoms with Crippen LogP contribution in [0.1, 0.15) is 31.8 Å². The highest BCUT2D eigenvalue weighted by molar-refractivity contribution is 6.32. The van der Waals surface area contributed by atoms with E-state index in [0.717, 1.165) is 5.56 Å². The lowest BCUT2D eigenvalue weighted by atomic mass is 9.82. The number of benzene rings is 3. The molecule has 3 aromatic carbocycles. The number of furan rings is 1. The van der Waals surface area contributed by atoms with Crippen molar-refractivity contribution in [3.05, 3.63) is 95.1 Å². The summed E-state index contributed by atoms with van der Waals surface area (Å²) in [5.41, 5.74) is 2.42. The van der Waals surface area contributed by atoms with Gasteiger partial charge in [0.25, 0.3) is 0 Å². The molecule has 0 aliphatic heterocycles. The molecule has 0 bridgehead atoms. The second kappa shape index (κ2) is 7.29. The summed E-state index contributed by atoms with van der Waals surface area (Å²) in [4.78, 5) is 27.4. The minimum Gasteiger partial charge on any atom is -0.493 e. The third-order valence-corrected chi connectivity index (χ3v) is 5.45. The molecule has 0 amide bonds. The van der Waals surface area contributed by atoms with Crippen molar-refractivity contribution in [3.8, 4) is 34.1 Å². The Bertz CT molecular complexity index is 1320. The Morgan fingerprint density at radius 2 is 1.16 bits per heavy atom. The molecule has 0 saturated carbocycles. The first-order chi connectivity index (χ1) is 15.2. The lowest BCUT2D eigenvalue weighted by molar-refractivity contribution is 0.0977. The summed E-state index contributed by atoms with van der Waals surface area (Å²) in [7, 11) is 2.94. The van der Waals surface area contributed by atoms with E-state index in [4.69, 9.17) is 13.9 Å². The van der Waals surface area contributed by atoms with Gasteiger partial charge in [-0.1, -0.05) is 60.7 Å². The minimum absolute atomic E-state index is 0.192. The SMILES string of the molecule is COc1ccc2c(c1OC)C(=O)c1c(-c3ccccc3)oc(-c3ccccc3)c1C2=O. The van der Waals surface area contributed by atoms with E-state index in [1.54, 1.807) is 12.1 Å². The van der Waals surface area contributed by atoms with E-state index in [1.807, 2.05) is 60.7 Å². The van der Waals surface area contributed by atoms with Crippen LogP contribution in [-0.4, -0.2) is 25.8 Å². The van der Waals surface area contributed by atoms with Crippen molar-refractivity contribution >= 4 is 11.6 Å². The van der Waals surface area contributed by atoms with E-state index >= 15 is 0 Å². The van der Waals surface area contributed by atoms with Crippen LogP contribution in [0.2, 0.25) is 0 Å². The molecule has 0 spiro atoms. The van der Waals surface area contributed by atoms with Crippen LogP contribution in [0.4, 0.5) is 0 Å². The van der Waals surface area contributed by atoms with Crippen molar-refractivity contribution in [3.63, 3.8) is 0 Å². The van der Waals surface area contributed by atoms with Crippen molar-refractivity contribution in [2.75, 3.05) is 14.2 Å². The van der Waals surface area contributed by atoms with Crippen molar-refractivity contribution in [2.45, 2.75) is 0 Å². The van der Waals surface area contributed by atoms with Crippen molar-refractivity contribution in [1.29, 1.82) is 0 Å². The molecule has 0 N–H and O–H groups in total. The second-order valence-electron chi connectivity index (χ2n) is 7.12. The summed E-state index contributed by atoms with van der Waals surface area (Å²) >= 11 is 0. The molecule has 152 valence electrons. The molecule has 5 nitrogen and oxygen atoms in total. The van der Waals surface area contributed by atoms with Crippen LogP contribution in [0.15, 0.2) is 77.2 Å². The second-order valence-corrected chi connectivity index (χ2v) is 7.12. The average Bonchev–Trinajstić information content (AvgIpc) is 3.24. The first-order valence-corrected chi connectivity index (χ1v) is 9.77. The molecule has 5 rings (SSSR count). The number of hydrogen-bond donors (Lipinski definition) is 0. The predicted octanol–water partition coefficient (Wildman–Crippen LogP) is 5.41. The summed E-state index contributed by atoms with van der Waals surface area (Å²) in [5.74, 6) is 0.765. The maximum Gasteiger partial charge on any atom is 0.202 e. The molecule has 1 aliphatic rings. The largest absolute Gasteiger partial charge is 0.493 e. The molecule has 0 unspecified atom stereocenters. The quantitative estimate of drug-likeness (QED) is 0.397. The first kappa shape index (κ1) is 18.9. The number of ether oxygens (including phenoxy) is 2. The number of methoxy groups -OCH3 is 2. The first-order valence-electron chi connectivity index (χ1n) is 9.77. The van der Waals surface area contributed by atoms with Crippen molar-refractivity contribution in [2.24, 2.45) is 0 Å². The number of rotatable bonds is 4. The van der Waals surface area contributed by atoms with Crippen molar-refractivity contribution < 1.29 is 23.5 Å². The highest BCUT2D eigenvalue weighted by Crippen LogP contribution is 2.46. The Balaban J connectivity index is 1.85. The maximum atomic E-state index is 13.8. The molecule has 4 aromatic rings. The van der Waals surface area contributed by atoms with Crippen LogP contribution < -0.4 is 9.47 Å². The Morgan fingerprint density at radius 1 is 0.613 bits per heavy atom. The van der Waals surface area contributed by atoms with Gasteiger partial charge in [-0.2, -0.15) is 0 Å². The van der Waals surface area contributed by atoms with Crippen LogP contribution in [-0.2, 0) is 0 Å². The third kappa shape index (κ3) is 2.78. The summed E-state index contributed by atoms with van der Waals surface area (Å²) in [6.45, 7) is 0. The standard InChI is InChI=1S/C26H18O5/c1-29-18-14-13-17-19(26(18)30-2)23(28)21-20(22(17)27)24(15-9-5-3-6-10-15)31-25(21)16-11-7-4-8-12-16/h3-14H,1-2H3. The summed E-state index contributed by atoms with van der Waals surface area (Å²) in [5, 5.41) is 0. The Morgan fingerprint density at radius 3 is 1.68 bits per heavy atom. The third-order valence-electron chi connectivity index (χ3n) is 5.45. The Labute approximate surface area is 178 Å². The van der Waals surface area contributed by atoms with E-state index in [0.29, 0.717) is 22.8 Å². The number of carbonyl (C=O) groups excluding carboxylic acids is 2. The number of ketones is 2. The molecule has 5 heteroatoms. The highest BCUT2D eigenvalue weighted by Gasteiger charge is 2.40. The van der Waals surface area contributed by atoms with E-state index in [2.05, 4.69) is 0 Å². The smallest absolute Gasteiger partial charge is 0.202 e. The van der Waals surface area contributed by atoms with Gasteiger partial charge < -0.3 is 13.9 Å². The number of carbonyl (C=O) groups is 2. The zero-order chi connectivity index (χ0) is 21.5. The number of fused-ring (bicyclic) bond motifs is 2. The molecular weight excluding hydrogens is 392 g/mol. The van der Waals surface area contributed by atoms with Gasteiger partial charge in [0.15, 0.2) is 17.3 Å². The molecule has 0 atom stereocenters. The molecule has 1 aliphatic carbocycles. The van der Waals surface area contributed by atoms with E-state index < -0.39 is 0 Å². The van der Waals surface area contributed by atoms with Gasteiger partial charge in [0, 0.05) is 16.7 Å². The molecular formula is C26H18O5. The summed E-state index contributed by atoms with van der Waals surface area (Å²) in [6.07, 6.45) is 0. The highest BCUT2D eigenvalue weighted by atomic mass is 16.5. The normalized spacial score (nSPS) is 12.3. The topological polar surface area (TPSA) is 65.7 Å². The average molecular weight is 410 g/mol. The molecule has 0 saturated heterocycles. The van der Waals surface area contributed by atoms with E-state index in [9.17, 15) is 9.59 Å². The van der Waals surface area contributed by atoms with Crippen LogP contribution >= 0.6 is 0 Å². The van der Waals surface area contributed by atoms with Gasteiger partial charge in [0.05, 0.1) is 30.9 Å². The van der Waals surface area contributed by atoms with Gasteiger partial charge in [0.2, 0.25) is 5.78 Å². The molecule has 31 heavy (non-hydrogen) atoms. The monoisotopic (exact) mass is 410 g/mol. The predicted molar refractivity (Wildman–Crippen MR) is 116 cm³/mol. The van der Waals surface area contributed by atoms with Crippen LogP contribution in [0, 0.1) is 0 Å².